The lowest BCUT2D eigenvalue weighted by Gasteiger charge is -2.25. The zero-order valence-electron chi connectivity index (χ0n) is 16.8. The second-order valence-corrected chi connectivity index (χ2v) is 9.41. The van der Waals surface area contributed by atoms with Crippen LogP contribution in [-0.4, -0.2) is 32.5 Å². The van der Waals surface area contributed by atoms with Crippen molar-refractivity contribution >= 4 is 26.7 Å². The standard InChI is InChI=1S/C22H25NO4S/c1-14-10-20-18(13-27-21(20)11-15(14)2)12-22(24)23(4)16(3)17-6-8-19(9-7-17)28(5,25)26/h6-11,13,16H,12H2,1-5H3. The van der Waals surface area contributed by atoms with Gasteiger partial charge in [-0.25, -0.2) is 8.42 Å². The third kappa shape index (κ3) is 3.97. The van der Waals surface area contributed by atoms with Crippen molar-refractivity contribution in [2.24, 2.45) is 0 Å². The number of benzene rings is 2. The SMILES string of the molecule is Cc1cc2occ(CC(=O)N(C)C(C)c3ccc(S(C)(=O)=O)cc3)c2cc1C. The molecule has 1 amide bonds. The summed E-state index contributed by atoms with van der Waals surface area (Å²) >= 11 is 0. The molecular weight excluding hydrogens is 374 g/mol. The van der Waals surface area contributed by atoms with Gasteiger partial charge in [-0.2, -0.15) is 0 Å². The Morgan fingerprint density at radius 3 is 2.32 bits per heavy atom. The summed E-state index contributed by atoms with van der Waals surface area (Å²) in [7, 11) is -1.48. The average molecular weight is 400 g/mol. The molecule has 0 aliphatic carbocycles. The van der Waals surface area contributed by atoms with Crippen LogP contribution in [-0.2, 0) is 21.1 Å². The molecule has 148 valence electrons. The Morgan fingerprint density at radius 2 is 1.71 bits per heavy atom. The maximum atomic E-state index is 12.8. The monoisotopic (exact) mass is 399 g/mol. The smallest absolute Gasteiger partial charge is 0.227 e. The first-order chi connectivity index (χ1) is 13.1. The molecule has 28 heavy (non-hydrogen) atoms. The summed E-state index contributed by atoms with van der Waals surface area (Å²) in [5.41, 5.74) is 4.86. The van der Waals surface area contributed by atoms with E-state index in [4.69, 9.17) is 4.42 Å². The lowest BCUT2D eigenvalue weighted by molar-refractivity contribution is -0.131. The van der Waals surface area contributed by atoms with Gasteiger partial charge in [0.2, 0.25) is 5.91 Å². The van der Waals surface area contributed by atoms with Gasteiger partial charge < -0.3 is 9.32 Å². The van der Waals surface area contributed by atoms with Crippen LogP contribution in [0.2, 0.25) is 0 Å². The number of carbonyl (C=O) groups excluding carboxylic acids is 1. The van der Waals surface area contributed by atoms with Crippen LogP contribution in [0.1, 0.15) is 35.2 Å². The lowest BCUT2D eigenvalue weighted by Crippen LogP contribution is -2.30. The highest BCUT2D eigenvalue weighted by molar-refractivity contribution is 7.90. The molecule has 5 nitrogen and oxygen atoms in total. The van der Waals surface area contributed by atoms with Gasteiger partial charge >= 0.3 is 0 Å². The quantitative estimate of drug-likeness (QED) is 0.644. The average Bonchev–Trinajstić information content (AvgIpc) is 3.01. The fourth-order valence-corrected chi connectivity index (χ4v) is 3.82. The highest BCUT2D eigenvalue weighted by atomic mass is 32.2. The third-order valence-corrected chi connectivity index (χ3v) is 6.51. The molecule has 1 heterocycles. The number of likely N-dealkylation sites (N-methyl/N-ethyl adjacent to an activating group) is 1. The van der Waals surface area contributed by atoms with Gasteiger partial charge in [-0.3, -0.25) is 4.79 Å². The predicted molar refractivity (Wildman–Crippen MR) is 110 cm³/mol. The minimum Gasteiger partial charge on any atom is -0.464 e. The normalized spacial score (nSPS) is 12.9. The maximum Gasteiger partial charge on any atom is 0.227 e. The third-order valence-electron chi connectivity index (χ3n) is 5.38. The number of rotatable bonds is 5. The van der Waals surface area contributed by atoms with Gasteiger partial charge in [0, 0.05) is 24.3 Å². The number of hydrogen-bond donors (Lipinski definition) is 0. The van der Waals surface area contributed by atoms with Crippen LogP contribution in [0.4, 0.5) is 0 Å². The first kappa shape index (κ1) is 20.1. The van der Waals surface area contributed by atoms with Crippen LogP contribution in [0.15, 0.2) is 52.0 Å². The van der Waals surface area contributed by atoms with E-state index in [0.717, 1.165) is 33.2 Å². The minimum atomic E-state index is -3.23. The Labute approximate surface area is 165 Å². The molecule has 1 atom stereocenters. The van der Waals surface area contributed by atoms with Gasteiger partial charge in [0.05, 0.1) is 23.6 Å². The molecule has 0 N–H and O–H groups in total. The first-order valence-corrected chi connectivity index (χ1v) is 11.0. The van der Waals surface area contributed by atoms with E-state index in [1.54, 1.807) is 42.5 Å². The van der Waals surface area contributed by atoms with Gasteiger partial charge in [-0.1, -0.05) is 12.1 Å². The van der Waals surface area contributed by atoms with E-state index < -0.39 is 9.84 Å². The molecule has 3 aromatic rings. The Morgan fingerprint density at radius 1 is 1.11 bits per heavy atom. The van der Waals surface area contributed by atoms with Crippen molar-refractivity contribution in [3.05, 3.63) is 64.9 Å². The number of fused-ring (bicyclic) bond motifs is 1. The summed E-state index contributed by atoms with van der Waals surface area (Å²) in [5, 5.41) is 0.968. The van der Waals surface area contributed by atoms with E-state index in [2.05, 4.69) is 6.07 Å². The van der Waals surface area contributed by atoms with Crippen molar-refractivity contribution in [3.8, 4) is 0 Å². The molecule has 0 saturated carbocycles. The van der Waals surface area contributed by atoms with Gasteiger partial charge in [0.1, 0.15) is 5.58 Å². The van der Waals surface area contributed by atoms with Crippen molar-refractivity contribution in [2.45, 2.75) is 38.1 Å². The predicted octanol–water partition coefficient (Wildman–Crippen LogP) is 4.22. The van der Waals surface area contributed by atoms with Crippen molar-refractivity contribution in [2.75, 3.05) is 13.3 Å². The Balaban J connectivity index is 1.78. The van der Waals surface area contributed by atoms with Gasteiger partial charge in [0.25, 0.3) is 0 Å². The molecule has 0 spiro atoms. The van der Waals surface area contributed by atoms with Crippen LogP contribution in [0.3, 0.4) is 0 Å². The fourth-order valence-electron chi connectivity index (χ4n) is 3.19. The number of nitrogens with zero attached hydrogens (tertiary/aromatic N) is 1. The zero-order chi connectivity index (χ0) is 20.6. The Kier molecular flexibility index (Phi) is 5.35. The molecule has 0 saturated heterocycles. The number of carbonyl (C=O) groups is 1. The molecule has 0 aliphatic rings. The number of hydrogen-bond acceptors (Lipinski definition) is 4. The molecule has 1 unspecified atom stereocenters. The molecule has 0 radical (unpaired) electrons. The van der Waals surface area contributed by atoms with E-state index in [9.17, 15) is 13.2 Å². The van der Waals surface area contributed by atoms with E-state index >= 15 is 0 Å². The molecule has 3 rings (SSSR count). The number of amides is 1. The maximum absolute atomic E-state index is 12.8. The highest BCUT2D eigenvalue weighted by Crippen LogP contribution is 2.27. The molecule has 0 bridgehead atoms. The van der Waals surface area contributed by atoms with Crippen LogP contribution in [0.25, 0.3) is 11.0 Å². The molecule has 1 aromatic heterocycles. The highest BCUT2D eigenvalue weighted by Gasteiger charge is 2.20. The summed E-state index contributed by atoms with van der Waals surface area (Å²) in [5.74, 6) is -0.0272. The largest absolute Gasteiger partial charge is 0.464 e. The minimum absolute atomic E-state index is 0.0272. The van der Waals surface area contributed by atoms with Gasteiger partial charge in [-0.05, 0) is 61.7 Å². The van der Waals surface area contributed by atoms with Gasteiger partial charge in [-0.15, -0.1) is 0 Å². The number of furan rings is 1. The van der Waals surface area contributed by atoms with E-state index in [1.165, 1.54) is 6.26 Å². The fraction of sp³-hybridized carbons (Fsp3) is 0.318. The number of aryl methyl sites for hydroxylation is 2. The summed E-state index contributed by atoms with van der Waals surface area (Å²) in [6, 6.07) is 10.5. The van der Waals surface area contributed by atoms with Crippen LogP contribution >= 0.6 is 0 Å². The van der Waals surface area contributed by atoms with Crippen LogP contribution < -0.4 is 0 Å². The van der Waals surface area contributed by atoms with Crippen molar-refractivity contribution < 1.29 is 17.6 Å². The van der Waals surface area contributed by atoms with E-state index in [-0.39, 0.29) is 23.3 Å². The topological polar surface area (TPSA) is 67.6 Å². The van der Waals surface area contributed by atoms with Crippen molar-refractivity contribution in [3.63, 3.8) is 0 Å². The van der Waals surface area contributed by atoms with E-state index in [0.29, 0.717) is 0 Å². The van der Waals surface area contributed by atoms with E-state index in [1.807, 2.05) is 26.8 Å². The second kappa shape index (κ2) is 7.43. The zero-order valence-corrected chi connectivity index (χ0v) is 17.6. The Hall–Kier alpha value is -2.60. The molecule has 0 fully saturated rings. The summed E-state index contributed by atoms with van der Waals surface area (Å²) in [4.78, 5) is 14.8. The number of sulfone groups is 1. The first-order valence-electron chi connectivity index (χ1n) is 9.11. The van der Waals surface area contributed by atoms with Crippen LogP contribution in [0.5, 0.6) is 0 Å². The van der Waals surface area contributed by atoms with Crippen LogP contribution in [0, 0.1) is 13.8 Å². The molecule has 6 heteroatoms. The van der Waals surface area contributed by atoms with Crippen molar-refractivity contribution in [1.29, 1.82) is 0 Å². The summed E-state index contributed by atoms with van der Waals surface area (Å²) in [6.45, 7) is 6.00. The summed E-state index contributed by atoms with van der Waals surface area (Å²) < 4.78 is 28.9. The second-order valence-electron chi connectivity index (χ2n) is 7.39. The lowest BCUT2D eigenvalue weighted by atomic mass is 10.0. The van der Waals surface area contributed by atoms with Gasteiger partial charge in [0.15, 0.2) is 9.84 Å². The molecule has 0 aliphatic heterocycles. The molecule has 2 aromatic carbocycles. The summed E-state index contributed by atoms with van der Waals surface area (Å²) in [6.07, 6.45) is 3.08. The molecular formula is C22H25NO4S. The van der Waals surface area contributed by atoms with Crippen molar-refractivity contribution in [1.82, 2.24) is 4.90 Å². The Bertz CT molecular complexity index is 1130.